The first-order valence-corrected chi connectivity index (χ1v) is 8.79. The fourth-order valence-corrected chi connectivity index (χ4v) is 3.71. The minimum Gasteiger partial charge on any atom is -0.346 e. The molecule has 2 amide bonds. The molecule has 3 N–H and O–H groups in total. The van der Waals surface area contributed by atoms with Crippen LogP contribution in [0.3, 0.4) is 0 Å². The Morgan fingerprint density at radius 3 is 2.25 bits per heavy atom. The summed E-state index contributed by atoms with van der Waals surface area (Å²) < 4.78 is 39.1. The summed E-state index contributed by atoms with van der Waals surface area (Å²) in [4.78, 5) is 24.5. The fraction of sp³-hybridized carbons (Fsp3) is 0.429. The number of hydrogen-bond donors (Lipinski definition) is 2. The smallest absolute Gasteiger partial charge is 0.243 e. The third kappa shape index (κ3) is 4.28. The summed E-state index contributed by atoms with van der Waals surface area (Å²) in [5, 5.41) is 2.38. The maximum atomic E-state index is 12.9. The van der Waals surface area contributed by atoms with Gasteiger partial charge in [0.2, 0.25) is 21.8 Å². The van der Waals surface area contributed by atoms with Gasteiger partial charge in [-0.1, -0.05) is 0 Å². The van der Waals surface area contributed by atoms with E-state index in [0.29, 0.717) is 0 Å². The molecule has 1 fully saturated rings. The Morgan fingerprint density at radius 1 is 1.12 bits per heavy atom. The summed E-state index contributed by atoms with van der Waals surface area (Å²) >= 11 is 0. The van der Waals surface area contributed by atoms with Gasteiger partial charge in [0.05, 0.1) is 18.0 Å². The van der Waals surface area contributed by atoms with E-state index in [-0.39, 0.29) is 50.1 Å². The van der Waals surface area contributed by atoms with Gasteiger partial charge in [-0.05, 0) is 24.3 Å². The Labute approximate surface area is 139 Å². The number of rotatable bonds is 5. The van der Waals surface area contributed by atoms with Crippen molar-refractivity contribution >= 4 is 21.8 Å². The predicted octanol–water partition coefficient (Wildman–Crippen LogP) is -1.27. The maximum Gasteiger partial charge on any atom is 0.243 e. The minimum atomic E-state index is -3.72. The van der Waals surface area contributed by atoms with E-state index in [1.54, 1.807) is 0 Å². The molecule has 8 nitrogen and oxygen atoms in total. The van der Waals surface area contributed by atoms with E-state index in [0.717, 1.165) is 12.1 Å². The monoisotopic (exact) mass is 358 g/mol. The second kappa shape index (κ2) is 7.69. The van der Waals surface area contributed by atoms with Gasteiger partial charge in [0.25, 0.3) is 0 Å². The van der Waals surface area contributed by atoms with Gasteiger partial charge in [0.15, 0.2) is 0 Å². The quantitative estimate of drug-likeness (QED) is 0.682. The molecule has 1 aromatic carbocycles. The zero-order chi connectivity index (χ0) is 17.7. The molecule has 24 heavy (non-hydrogen) atoms. The lowest BCUT2D eigenvalue weighted by Crippen LogP contribution is -2.52. The van der Waals surface area contributed by atoms with Gasteiger partial charge in [-0.25, -0.2) is 12.8 Å². The van der Waals surface area contributed by atoms with Crippen LogP contribution < -0.4 is 11.1 Å². The molecule has 1 aliphatic heterocycles. The molecule has 0 aliphatic carbocycles. The largest absolute Gasteiger partial charge is 0.346 e. The van der Waals surface area contributed by atoms with Crippen LogP contribution in [-0.4, -0.2) is 68.7 Å². The fourth-order valence-electron chi connectivity index (χ4n) is 2.29. The summed E-state index contributed by atoms with van der Waals surface area (Å²) in [5.74, 6) is -1.24. The topological polar surface area (TPSA) is 113 Å². The Balaban J connectivity index is 1.93. The lowest BCUT2D eigenvalue weighted by molar-refractivity contribution is -0.133. The van der Waals surface area contributed by atoms with Gasteiger partial charge in [-0.3, -0.25) is 9.59 Å². The second-order valence-corrected chi connectivity index (χ2v) is 7.16. The van der Waals surface area contributed by atoms with Crippen LogP contribution in [0.2, 0.25) is 0 Å². The predicted molar refractivity (Wildman–Crippen MR) is 83.8 cm³/mol. The van der Waals surface area contributed by atoms with Crippen molar-refractivity contribution in [2.75, 3.05) is 39.3 Å². The van der Waals surface area contributed by atoms with Crippen LogP contribution in [0.5, 0.6) is 0 Å². The zero-order valence-electron chi connectivity index (χ0n) is 12.9. The number of halogens is 1. The average Bonchev–Trinajstić information content (AvgIpc) is 2.59. The molecular weight excluding hydrogens is 339 g/mol. The number of carbonyl (C=O) groups is 2. The number of hydrogen-bond acceptors (Lipinski definition) is 5. The van der Waals surface area contributed by atoms with Crippen LogP contribution in [0.1, 0.15) is 0 Å². The number of nitrogens with one attached hydrogen (secondary N) is 1. The van der Waals surface area contributed by atoms with Crippen molar-refractivity contribution in [2.24, 2.45) is 5.73 Å². The number of benzene rings is 1. The zero-order valence-corrected chi connectivity index (χ0v) is 13.8. The molecule has 1 aromatic rings. The first-order chi connectivity index (χ1) is 11.3. The molecule has 132 valence electrons. The Kier molecular flexibility index (Phi) is 5.86. The number of amides is 2. The molecule has 0 saturated carbocycles. The second-order valence-electron chi connectivity index (χ2n) is 5.22. The molecule has 0 spiro atoms. The van der Waals surface area contributed by atoms with Gasteiger partial charge in [-0.2, -0.15) is 4.31 Å². The molecule has 1 heterocycles. The van der Waals surface area contributed by atoms with E-state index in [9.17, 15) is 22.4 Å². The summed E-state index contributed by atoms with van der Waals surface area (Å²) in [5.41, 5.74) is 5.13. The van der Waals surface area contributed by atoms with Crippen LogP contribution in [0, 0.1) is 5.82 Å². The highest BCUT2D eigenvalue weighted by molar-refractivity contribution is 7.89. The van der Waals surface area contributed by atoms with Crippen molar-refractivity contribution < 1.29 is 22.4 Å². The molecule has 0 bridgehead atoms. The third-order valence-corrected chi connectivity index (χ3v) is 5.58. The maximum absolute atomic E-state index is 12.9. The molecule has 10 heteroatoms. The van der Waals surface area contributed by atoms with E-state index in [2.05, 4.69) is 5.32 Å². The SMILES string of the molecule is NCC(=O)NCC(=O)N1CCN(S(=O)(=O)c2ccc(F)cc2)CC1. The molecule has 0 unspecified atom stereocenters. The molecule has 1 aliphatic rings. The molecule has 0 atom stereocenters. The van der Waals surface area contributed by atoms with Gasteiger partial charge < -0.3 is 16.0 Å². The summed E-state index contributed by atoms with van der Waals surface area (Å²) in [6.45, 7) is 0.347. The van der Waals surface area contributed by atoms with Crippen molar-refractivity contribution in [1.82, 2.24) is 14.5 Å². The van der Waals surface area contributed by atoms with Gasteiger partial charge >= 0.3 is 0 Å². The third-order valence-electron chi connectivity index (χ3n) is 3.66. The highest BCUT2D eigenvalue weighted by Crippen LogP contribution is 2.18. The Hall–Kier alpha value is -2.04. The molecule has 0 radical (unpaired) electrons. The van der Waals surface area contributed by atoms with Crippen LogP contribution >= 0.6 is 0 Å². The number of sulfonamides is 1. The van der Waals surface area contributed by atoms with E-state index >= 15 is 0 Å². The van der Waals surface area contributed by atoms with Crippen LogP contribution in [0.15, 0.2) is 29.2 Å². The van der Waals surface area contributed by atoms with E-state index in [4.69, 9.17) is 5.73 Å². The lowest BCUT2D eigenvalue weighted by atomic mass is 10.3. The van der Waals surface area contributed by atoms with E-state index < -0.39 is 21.7 Å². The standard InChI is InChI=1S/C14H19FN4O4S/c15-11-1-3-12(4-2-11)24(22,23)19-7-5-18(6-8-19)14(21)10-17-13(20)9-16/h1-4H,5-10,16H2,(H,17,20). The normalized spacial score (nSPS) is 16.0. The number of carbonyl (C=O) groups excluding carboxylic acids is 2. The van der Waals surface area contributed by atoms with Gasteiger partial charge in [-0.15, -0.1) is 0 Å². The summed E-state index contributed by atoms with van der Waals surface area (Å²) in [6, 6.07) is 4.61. The Morgan fingerprint density at radius 2 is 1.71 bits per heavy atom. The lowest BCUT2D eigenvalue weighted by Gasteiger charge is -2.34. The van der Waals surface area contributed by atoms with Gasteiger partial charge in [0.1, 0.15) is 5.82 Å². The minimum absolute atomic E-state index is 0.0129. The van der Waals surface area contributed by atoms with E-state index in [1.165, 1.54) is 21.3 Å². The van der Waals surface area contributed by atoms with Gasteiger partial charge in [0, 0.05) is 26.2 Å². The van der Waals surface area contributed by atoms with Crippen LogP contribution in [-0.2, 0) is 19.6 Å². The van der Waals surface area contributed by atoms with Crippen LogP contribution in [0.25, 0.3) is 0 Å². The number of nitrogens with zero attached hydrogens (tertiary/aromatic N) is 2. The molecule has 0 aromatic heterocycles. The summed E-state index contributed by atoms with van der Waals surface area (Å²) in [7, 11) is -3.72. The first kappa shape index (κ1) is 18.3. The number of piperazine rings is 1. The highest BCUT2D eigenvalue weighted by Gasteiger charge is 2.30. The van der Waals surface area contributed by atoms with Crippen molar-refractivity contribution in [3.8, 4) is 0 Å². The molecular formula is C14H19FN4O4S. The highest BCUT2D eigenvalue weighted by atomic mass is 32.2. The average molecular weight is 358 g/mol. The van der Waals surface area contributed by atoms with Crippen molar-refractivity contribution in [2.45, 2.75) is 4.90 Å². The van der Waals surface area contributed by atoms with Crippen molar-refractivity contribution in [3.63, 3.8) is 0 Å². The number of nitrogens with two attached hydrogens (primary N) is 1. The molecule has 2 rings (SSSR count). The van der Waals surface area contributed by atoms with Crippen molar-refractivity contribution in [3.05, 3.63) is 30.1 Å². The van der Waals surface area contributed by atoms with Crippen molar-refractivity contribution in [1.29, 1.82) is 0 Å². The Bertz CT molecular complexity index is 700. The summed E-state index contributed by atoms with van der Waals surface area (Å²) in [6.07, 6.45) is 0. The van der Waals surface area contributed by atoms with E-state index in [1.807, 2.05) is 0 Å². The first-order valence-electron chi connectivity index (χ1n) is 7.35. The molecule has 1 saturated heterocycles. The van der Waals surface area contributed by atoms with Crippen LogP contribution in [0.4, 0.5) is 4.39 Å².